The largest absolute Gasteiger partial charge is 0.312 e. The Kier molecular flexibility index (Phi) is 5.67. The molecule has 0 aliphatic carbocycles. The highest BCUT2D eigenvalue weighted by atomic mass is 35.5. The lowest BCUT2D eigenvalue weighted by Crippen LogP contribution is -2.33. The van der Waals surface area contributed by atoms with Crippen molar-refractivity contribution in [3.8, 4) is 0 Å². The summed E-state index contributed by atoms with van der Waals surface area (Å²) in [7, 11) is 1.80. The van der Waals surface area contributed by atoms with Crippen molar-refractivity contribution in [2.75, 3.05) is 5.32 Å². The molecule has 1 atom stereocenters. The topological polar surface area (TPSA) is 64.0 Å². The lowest BCUT2D eigenvalue weighted by atomic mass is 9.86. The smallest absolute Gasteiger partial charge is 0.279 e. The maximum absolute atomic E-state index is 13.0. The van der Waals surface area contributed by atoms with Crippen LogP contribution in [0.1, 0.15) is 29.0 Å². The van der Waals surface area contributed by atoms with E-state index in [2.05, 4.69) is 10.3 Å². The van der Waals surface area contributed by atoms with Gasteiger partial charge in [0.25, 0.3) is 5.56 Å². The summed E-state index contributed by atoms with van der Waals surface area (Å²) in [6.07, 6.45) is 0.127. The van der Waals surface area contributed by atoms with Gasteiger partial charge in [-0.1, -0.05) is 71.4 Å². The quantitative estimate of drug-likeness (QED) is 0.460. The van der Waals surface area contributed by atoms with Crippen molar-refractivity contribution >= 4 is 46.7 Å². The predicted molar refractivity (Wildman–Crippen MR) is 117 cm³/mol. The fraction of sp³-hybridized carbons (Fsp3) is 0.190. The van der Waals surface area contributed by atoms with Gasteiger partial charge in [0.05, 0.1) is 5.56 Å². The third kappa shape index (κ3) is 4.06. The van der Waals surface area contributed by atoms with Gasteiger partial charge in [-0.2, -0.15) is 4.98 Å². The summed E-state index contributed by atoms with van der Waals surface area (Å²) < 4.78 is 1.76. The van der Waals surface area contributed by atoms with Gasteiger partial charge in [0.1, 0.15) is 5.82 Å². The molecule has 8 heteroatoms. The number of halogens is 2. The summed E-state index contributed by atoms with van der Waals surface area (Å²) in [5, 5.41) is 4.30. The first-order chi connectivity index (χ1) is 13.9. The molecule has 1 aliphatic rings. The van der Waals surface area contributed by atoms with E-state index in [-0.39, 0.29) is 17.9 Å². The van der Waals surface area contributed by atoms with Crippen molar-refractivity contribution in [2.45, 2.75) is 23.2 Å². The molecule has 1 amide bonds. The summed E-state index contributed by atoms with van der Waals surface area (Å²) in [4.78, 5) is 29.7. The van der Waals surface area contributed by atoms with Crippen molar-refractivity contribution in [1.82, 2.24) is 9.55 Å². The zero-order valence-corrected chi connectivity index (χ0v) is 17.8. The van der Waals surface area contributed by atoms with Gasteiger partial charge in [-0.3, -0.25) is 9.59 Å². The number of rotatable bonds is 4. The Morgan fingerprint density at radius 1 is 1.17 bits per heavy atom. The molecule has 0 fully saturated rings. The minimum absolute atomic E-state index is 0.127. The predicted octanol–water partition coefficient (Wildman–Crippen LogP) is 4.85. The average molecular weight is 446 g/mol. The number of aromatic nitrogens is 2. The second-order valence-corrected chi connectivity index (χ2v) is 8.55. The number of carbonyl (C=O) groups excluding carboxylic acids is 1. The Bertz CT molecular complexity index is 1150. The summed E-state index contributed by atoms with van der Waals surface area (Å²) in [5.74, 6) is 0.491. The molecule has 1 unspecified atom stereocenters. The Morgan fingerprint density at radius 3 is 2.66 bits per heavy atom. The molecular formula is C21H17Cl2N3O2S. The molecule has 0 bridgehead atoms. The molecular weight excluding hydrogens is 429 g/mol. The highest BCUT2D eigenvalue weighted by Gasteiger charge is 2.33. The number of nitrogens with zero attached hydrogens (tertiary/aromatic N) is 2. The van der Waals surface area contributed by atoms with E-state index in [0.29, 0.717) is 37.9 Å². The first-order valence-corrected chi connectivity index (χ1v) is 10.7. The molecule has 0 saturated heterocycles. The SMILES string of the molecule is Cn1c(SCc2ccccc2)nc(=O)c2c1NC(=O)CC2c1ccc(Cl)cc1Cl. The monoisotopic (exact) mass is 445 g/mol. The zero-order valence-electron chi connectivity index (χ0n) is 15.5. The van der Waals surface area contributed by atoms with Gasteiger partial charge >= 0.3 is 0 Å². The van der Waals surface area contributed by atoms with Crippen molar-refractivity contribution in [1.29, 1.82) is 0 Å². The maximum Gasteiger partial charge on any atom is 0.279 e. The highest BCUT2D eigenvalue weighted by Crippen LogP contribution is 2.39. The van der Waals surface area contributed by atoms with Gasteiger partial charge < -0.3 is 9.88 Å². The van der Waals surface area contributed by atoms with Crippen LogP contribution in [0, 0.1) is 0 Å². The van der Waals surface area contributed by atoms with E-state index in [9.17, 15) is 9.59 Å². The van der Waals surface area contributed by atoms with Crippen LogP contribution in [0.5, 0.6) is 0 Å². The van der Waals surface area contributed by atoms with Gasteiger partial charge in [0.2, 0.25) is 5.91 Å². The second-order valence-electron chi connectivity index (χ2n) is 6.77. The summed E-state index contributed by atoms with van der Waals surface area (Å²) in [6.45, 7) is 0. The first-order valence-electron chi connectivity index (χ1n) is 8.96. The van der Waals surface area contributed by atoms with Crippen molar-refractivity contribution in [2.24, 2.45) is 7.05 Å². The molecule has 0 spiro atoms. The minimum atomic E-state index is -0.470. The number of nitrogens with one attached hydrogen (secondary N) is 1. The standard InChI is InChI=1S/C21H17Cl2N3O2S/c1-26-19-18(20(28)25-21(26)29-11-12-5-3-2-4-6-12)15(10-17(27)24-19)14-8-7-13(22)9-16(14)23/h2-9,15H,10-11H2,1H3,(H,24,27). The van der Waals surface area contributed by atoms with E-state index in [4.69, 9.17) is 23.2 Å². The van der Waals surface area contributed by atoms with Crippen LogP contribution in [-0.4, -0.2) is 15.5 Å². The lowest BCUT2D eigenvalue weighted by molar-refractivity contribution is -0.116. The molecule has 5 nitrogen and oxygen atoms in total. The van der Waals surface area contributed by atoms with Crippen LogP contribution in [0.3, 0.4) is 0 Å². The molecule has 0 saturated carbocycles. The van der Waals surface area contributed by atoms with Crippen LogP contribution in [0.15, 0.2) is 58.5 Å². The van der Waals surface area contributed by atoms with Gasteiger partial charge in [-0.05, 0) is 23.3 Å². The number of benzene rings is 2. The van der Waals surface area contributed by atoms with E-state index in [1.165, 1.54) is 11.8 Å². The van der Waals surface area contributed by atoms with E-state index in [1.54, 1.807) is 29.8 Å². The van der Waals surface area contributed by atoms with E-state index >= 15 is 0 Å². The maximum atomic E-state index is 13.0. The third-order valence-corrected chi connectivity index (χ3v) is 6.51. The molecule has 1 N–H and O–H groups in total. The minimum Gasteiger partial charge on any atom is -0.312 e. The molecule has 1 aromatic heterocycles. The van der Waals surface area contributed by atoms with Crippen LogP contribution in [0.2, 0.25) is 10.0 Å². The number of amides is 1. The van der Waals surface area contributed by atoms with Gasteiger partial charge in [-0.15, -0.1) is 0 Å². The number of carbonyl (C=O) groups is 1. The van der Waals surface area contributed by atoms with Crippen LogP contribution in [0.25, 0.3) is 0 Å². The second kappa shape index (κ2) is 8.22. The molecule has 2 heterocycles. The molecule has 148 valence electrons. The molecule has 4 rings (SSSR count). The fourth-order valence-corrected chi connectivity index (χ4v) is 4.90. The van der Waals surface area contributed by atoms with Crippen LogP contribution < -0.4 is 10.9 Å². The van der Waals surface area contributed by atoms with Crippen LogP contribution >= 0.6 is 35.0 Å². The summed E-state index contributed by atoms with van der Waals surface area (Å²) in [6, 6.07) is 15.0. The zero-order chi connectivity index (χ0) is 20.5. The molecule has 2 aromatic carbocycles. The Labute approximate surface area is 182 Å². The number of hydrogen-bond acceptors (Lipinski definition) is 4. The van der Waals surface area contributed by atoms with Crippen molar-refractivity contribution < 1.29 is 4.79 Å². The average Bonchev–Trinajstić information content (AvgIpc) is 2.70. The Hall–Kier alpha value is -2.28. The molecule has 0 radical (unpaired) electrons. The number of anilines is 1. The van der Waals surface area contributed by atoms with Crippen LogP contribution in [0.4, 0.5) is 5.82 Å². The van der Waals surface area contributed by atoms with Crippen LogP contribution in [-0.2, 0) is 17.6 Å². The number of fused-ring (bicyclic) bond motifs is 1. The fourth-order valence-electron chi connectivity index (χ4n) is 3.44. The lowest BCUT2D eigenvalue weighted by Gasteiger charge is -2.28. The van der Waals surface area contributed by atoms with Gasteiger partial charge in [-0.25, -0.2) is 0 Å². The normalized spacial score (nSPS) is 15.7. The molecule has 3 aromatic rings. The highest BCUT2D eigenvalue weighted by molar-refractivity contribution is 7.98. The van der Waals surface area contributed by atoms with Gasteiger partial charge in [0.15, 0.2) is 5.16 Å². The van der Waals surface area contributed by atoms with E-state index in [1.807, 2.05) is 30.3 Å². The third-order valence-electron chi connectivity index (χ3n) is 4.85. The summed E-state index contributed by atoms with van der Waals surface area (Å²) >= 11 is 13.8. The van der Waals surface area contributed by atoms with Gasteiger partial charge in [0, 0.05) is 35.2 Å². The van der Waals surface area contributed by atoms with E-state index in [0.717, 1.165) is 5.56 Å². The molecule has 29 heavy (non-hydrogen) atoms. The Morgan fingerprint density at radius 2 is 1.93 bits per heavy atom. The first kappa shape index (κ1) is 20.0. The number of hydrogen-bond donors (Lipinski definition) is 1. The Balaban J connectivity index is 1.75. The van der Waals surface area contributed by atoms with E-state index < -0.39 is 5.92 Å². The van der Waals surface area contributed by atoms with Crippen molar-refractivity contribution in [3.63, 3.8) is 0 Å². The van der Waals surface area contributed by atoms with Crippen molar-refractivity contribution in [3.05, 3.63) is 85.6 Å². The molecule has 1 aliphatic heterocycles. The number of thioether (sulfide) groups is 1. The summed E-state index contributed by atoms with van der Waals surface area (Å²) in [5.41, 5.74) is 1.90.